The number of ether oxygens (including phenoxy) is 1. The summed E-state index contributed by atoms with van der Waals surface area (Å²) in [4.78, 5) is 119. The molecule has 4 heterocycles. The highest BCUT2D eigenvalue weighted by Crippen LogP contribution is 2.34. The van der Waals surface area contributed by atoms with E-state index in [1.54, 1.807) is 12.1 Å². The second-order valence-electron chi connectivity index (χ2n) is 22.8. The van der Waals surface area contributed by atoms with Gasteiger partial charge in [-0.1, -0.05) is 48.5 Å². The van der Waals surface area contributed by atoms with Crippen LogP contribution in [0.2, 0.25) is 0 Å². The minimum absolute atomic E-state index is 0.0189. The van der Waals surface area contributed by atoms with Crippen molar-refractivity contribution in [2.24, 2.45) is 11.7 Å². The Bertz CT molecular complexity index is 2960. The van der Waals surface area contributed by atoms with Gasteiger partial charge in [-0.2, -0.15) is 0 Å². The number of hydrogen-bond donors (Lipinski definition) is 15. The van der Waals surface area contributed by atoms with Gasteiger partial charge in [0.15, 0.2) is 11.5 Å². The number of carbonyl (C=O) groups excluding carboxylic acids is 8. The average molecular weight is 1290 g/mol. The number of hydrogen-bond acceptors (Lipinski definition) is 24. The van der Waals surface area contributed by atoms with E-state index in [0.29, 0.717) is 32.8 Å². The van der Waals surface area contributed by atoms with Crippen molar-refractivity contribution in [2.75, 3.05) is 62.2 Å². The molecule has 4 saturated heterocycles. The molecule has 0 aliphatic carbocycles. The minimum atomic E-state index is -2.52. The molecular weight excluding hydrogens is 1200 g/mol. The standard InChI is InChI=1S/C58H80N10O21S/c1-4-5-6-7-22-86-38-15-13-35(14-16-38)66-20-18-65(19-21-66)34-11-8-32(9-12-34)52(78)61-39-24-36(70)27-60-56(82)48-49(75)30(2)28-68(48)58(84)46(42(73)26-44(59)74)63-55(81)47(51(77)50(76)33-10-17-41(72)43(23-33)87-90-89-88-85)64-54(80)40-25-37(71)29-67(40)57(83)45(31(3)69)62-53(39)79/h8-17,23,30-31,36-37,39-40,42,45-51,69-73,75-77,85H,4-7,18-22,24-29H2,1-3H3,(H2,59,74)(H,60,82)(H,61,78)(H,62,79)(H,63,81)(H,64,80)/t30?,31?,36?,37?,39-,40?,42?,45?,46?,47?,48?,49?,50?,51?/m0/s1. The fraction of sp³-hybridized carbons (Fsp3) is 0.552. The lowest BCUT2D eigenvalue weighted by Gasteiger charge is -2.37. The third kappa shape index (κ3) is 17.9. The molecule has 90 heavy (non-hydrogen) atoms. The van der Waals surface area contributed by atoms with E-state index in [-0.39, 0.29) is 23.5 Å². The topological polar surface area (TPSA) is 455 Å². The molecule has 7 rings (SSSR count). The van der Waals surface area contributed by atoms with Crippen molar-refractivity contribution >= 4 is 71.0 Å². The van der Waals surface area contributed by atoms with Crippen molar-refractivity contribution in [3.63, 3.8) is 0 Å². The van der Waals surface area contributed by atoms with Crippen LogP contribution < -0.4 is 51.0 Å². The molecule has 13 unspecified atom stereocenters. The lowest BCUT2D eigenvalue weighted by atomic mass is 9.96. The second kappa shape index (κ2) is 32.4. The van der Waals surface area contributed by atoms with E-state index in [9.17, 15) is 79.2 Å². The Morgan fingerprint density at radius 3 is 1.99 bits per heavy atom. The van der Waals surface area contributed by atoms with Crippen LogP contribution in [0.3, 0.4) is 0 Å². The van der Waals surface area contributed by atoms with E-state index in [1.807, 2.05) is 24.3 Å². The maximum absolute atomic E-state index is 14.7. The predicted molar refractivity (Wildman–Crippen MR) is 318 cm³/mol. The van der Waals surface area contributed by atoms with Crippen LogP contribution in [0.4, 0.5) is 11.4 Å². The van der Waals surface area contributed by atoms with Crippen molar-refractivity contribution in [1.29, 1.82) is 0 Å². The highest BCUT2D eigenvalue weighted by atomic mass is 32.2. The maximum atomic E-state index is 14.7. The van der Waals surface area contributed by atoms with Crippen LogP contribution >= 0.6 is 12.3 Å². The quantitative estimate of drug-likeness (QED) is 0.0224. The molecule has 4 aliphatic rings. The average Bonchev–Trinajstić information content (AvgIpc) is 2.18. The van der Waals surface area contributed by atoms with Crippen LogP contribution in [0.1, 0.15) is 87.7 Å². The molecule has 14 atom stereocenters. The highest BCUT2D eigenvalue weighted by Gasteiger charge is 2.50. The Kier molecular flexibility index (Phi) is 25.1. The summed E-state index contributed by atoms with van der Waals surface area (Å²) in [5.41, 5.74) is 6.95. The molecule has 0 spiro atoms. The summed E-state index contributed by atoms with van der Waals surface area (Å²) in [6, 6.07) is 5.21. The van der Waals surface area contributed by atoms with E-state index in [1.165, 1.54) is 25.5 Å². The number of phenolic OH excluding ortho intramolecular Hbond substituents is 1. The molecule has 32 heteroatoms. The number of benzene rings is 3. The van der Waals surface area contributed by atoms with Crippen molar-refractivity contribution in [2.45, 2.75) is 145 Å². The molecule has 8 amide bonds. The Balaban J connectivity index is 1.16. The third-order valence-electron chi connectivity index (χ3n) is 16.2. The number of aromatic hydroxyl groups is 1. The zero-order valence-corrected chi connectivity index (χ0v) is 50.6. The number of primary amides is 1. The first-order valence-corrected chi connectivity index (χ1v) is 30.2. The Morgan fingerprint density at radius 1 is 0.744 bits per heavy atom. The van der Waals surface area contributed by atoms with Gasteiger partial charge < -0.3 is 102 Å². The van der Waals surface area contributed by atoms with Crippen molar-refractivity contribution in [3.05, 3.63) is 77.9 Å². The number of piperazine rings is 1. The molecule has 494 valence electrons. The van der Waals surface area contributed by atoms with E-state index in [0.717, 1.165) is 71.3 Å². The van der Waals surface area contributed by atoms with Crippen LogP contribution in [0.25, 0.3) is 0 Å². The number of unbranched alkanes of at least 4 members (excludes halogenated alkanes) is 3. The molecule has 3 aromatic carbocycles. The summed E-state index contributed by atoms with van der Waals surface area (Å²) in [5.74, 6) is -10.9. The maximum Gasteiger partial charge on any atom is 0.261 e. The number of nitrogens with one attached hydrogen (secondary N) is 5. The summed E-state index contributed by atoms with van der Waals surface area (Å²) in [6.45, 7) is 6.24. The largest absolute Gasteiger partial charge is 0.504 e. The summed E-state index contributed by atoms with van der Waals surface area (Å²) < 4.78 is 15.1. The van der Waals surface area contributed by atoms with Crippen molar-refractivity contribution in [1.82, 2.24) is 36.4 Å². The minimum Gasteiger partial charge on any atom is -0.504 e. The number of amides is 8. The smallest absolute Gasteiger partial charge is 0.261 e. The van der Waals surface area contributed by atoms with Crippen LogP contribution in [0, 0.1) is 5.92 Å². The van der Waals surface area contributed by atoms with Crippen LogP contribution in [-0.2, 0) is 42.9 Å². The van der Waals surface area contributed by atoms with Gasteiger partial charge in [0.1, 0.15) is 54.2 Å². The van der Waals surface area contributed by atoms with Gasteiger partial charge in [-0.3, -0.25) is 38.4 Å². The van der Waals surface area contributed by atoms with Crippen LogP contribution in [0.5, 0.6) is 17.2 Å². The summed E-state index contributed by atoms with van der Waals surface area (Å²) in [7, 11) is 0. The number of nitrogens with zero attached hydrogens (tertiary/aromatic N) is 4. The van der Waals surface area contributed by atoms with Gasteiger partial charge in [0.05, 0.1) is 43.5 Å². The van der Waals surface area contributed by atoms with E-state index in [2.05, 4.69) is 52.7 Å². The van der Waals surface area contributed by atoms with Gasteiger partial charge in [0.2, 0.25) is 41.4 Å². The second-order valence-corrected chi connectivity index (χ2v) is 23.2. The first-order valence-electron chi connectivity index (χ1n) is 29.5. The van der Waals surface area contributed by atoms with Gasteiger partial charge in [-0.25, -0.2) is 5.26 Å². The lowest BCUT2D eigenvalue weighted by molar-refractivity contribution is -0.433. The van der Waals surface area contributed by atoms with Gasteiger partial charge in [0, 0.05) is 81.5 Å². The lowest BCUT2D eigenvalue weighted by Crippen LogP contribution is -2.64. The molecule has 16 N–H and O–H groups in total. The highest BCUT2D eigenvalue weighted by molar-refractivity contribution is 7.90. The number of β-amino-alcohol motifs (C(OH)–C–C–N with tert-alkyl or cyclic N) is 1. The first kappa shape index (κ1) is 69.8. The molecule has 0 radical (unpaired) electrons. The van der Waals surface area contributed by atoms with Gasteiger partial charge in [0.25, 0.3) is 18.2 Å². The Labute approximate surface area is 522 Å². The molecular formula is C58H80N10O21S. The number of aliphatic hydroxyl groups is 7. The number of aliphatic hydroxyl groups excluding tert-OH is 7. The molecule has 4 fully saturated rings. The van der Waals surface area contributed by atoms with Crippen LogP contribution in [-0.4, -0.2) is 228 Å². The number of phenols is 1. The molecule has 0 saturated carbocycles. The zero-order valence-electron chi connectivity index (χ0n) is 49.7. The number of rotatable bonds is 21. The number of anilines is 2. The fourth-order valence-corrected chi connectivity index (χ4v) is 11.5. The fourth-order valence-electron chi connectivity index (χ4n) is 11.2. The predicted octanol–water partition coefficient (Wildman–Crippen LogP) is -2.64. The monoisotopic (exact) mass is 1280 g/mol. The summed E-state index contributed by atoms with van der Waals surface area (Å²) in [5, 5.41) is 114. The SMILES string of the molecule is CCCCCCOc1ccc(N2CCN(c3ccc(C(=O)N[C@H]4CC(O)CNC(=O)C5C(O)C(C)CN5C(=O)C(C(O)CC(N)=O)NC(=O)C(C(O)C(O)c5ccc(O)c(OSOOO)c5)NC(=O)C5CC(O)CN5C(=O)C(C(C)O)NC4=O)cc3)CC2)cc1. The number of fused-ring (bicyclic) bond motifs is 2. The Morgan fingerprint density at radius 2 is 1.37 bits per heavy atom. The number of nitrogens with two attached hydrogens (primary N) is 1. The number of carbonyl (C=O) groups is 8. The van der Waals surface area contributed by atoms with E-state index >= 15 is 0 Å². The van der Waals surface area contributed by atoms with Crippen LogP contribution in [0.15, 0.2) is 66.7 Å². The Hall–Kier alpha value is -7.63. The van der Waals surface area contributed by atoms with Crippen molar-refractivity contribution < 1.29 is 103 Å². The summed E-state index contributed by atoms with van der Waals surface area (Å²) in [6.07, 6.45) is -11.6. The molecule has 0 bridgehead atoms. The van der Waals surface area contributed by atoms with Gasteiger partial charge in [-0.15, -0.1) is 0 Å². The zero-order chi connectivity index (χ0) is 65.5. The third-order valence-corrected chi connectivity index (χ3v) is 16.5. The summed E-state index contributed by atoms with van der Waals surface area (Å²) >= 11 is -0.0189. The molecule has 0 aromatic heterocycles. The van der Waals surface area contributed by atoms with E-state index < -0.39 is 183 Å². The van der Waals surface area contributed by atoms with Gasteiger partial charge >= 0.3 is 0 Å². The molecule has 4 aliphatic heterocycles. The van der Waals surface area contributed by atoms with Gasteiger partial charge in [-0.05, 0) is 79.6 Å². The van der Waals surface area contributed by atoms with E-state index in [4.69, 9.17) is 19.9 Å². The van der Waals surface area contributed by atoms with Crippen molar-refractivity contribution in [3.8, 4) is 17.2 Å². The molecule has 3 aromatic rings. The normalized spacial score (nSPS) is 26.3. The molecule has 31 nitrogen and oxygen atoms in total. The first-order chi connectivity index (χ1) is 42.9.